The number of aromatic nitrogens is 1. The molecule has 1 atom stereocenters. The average molecular weight is 126 g/mol. The number of hydrogen-bond acceptors (Lipinski definition) is 3. The lowest BCUT2D eigenvalue weighted by molar-refractivity contribution is 0.522. The molecule has 0 saturated heterocycles. The van der Waals surface area contributed by atoms with E-state index in [-0.39, 0.29) is 6.04 Å². The van der Waals surface area contributed by atoms with Crippen LogP contribution in [0.1, 0.15) is 24.4 Å². The normalized spacial score (nSPS) is 13.7. The Balaban J connectivity index is 2.94. The Hall–Kier alpha value is -0.830. The van der Waals surface area contributed by atoms with Gasteiger partial charge in [0.1, 0.15) is 5.76 Å². The van der Waals surface area contributed by atoms with E-state index in [1.165, 1.54) is 6.39 Å². The quantitative estimate of drug-likeness (QED) is 0.610. The lowest BCUT2D eigenvalue weighted by atomic mass is 10.2. The van der Waals surface area contributed by atoms with E-state index < -0.39 is 0 Å². The highest BCUT2D eigenvalue weighted by molar-refractivity contribution is 5.08. The minimum absolute atomic E-state index is 0.0243. The first-order chi connectivity index (χ1) is 4.22. The van der Waals surface area contributed by atoms with E-state index in [1.807, 2.05) is 13.8 Å². The van der Waals surface area contributed by atoms with E-state index in [2.05, 4.69) is 4.98 Å². The first-order valence-corrected chi connectivity index (χ1v) is 2.87. The maximum atomic E-state index is 5.54. The third-order valence-electron chi connectivity index (χ3n) is 1.21. The van der Waals surface area contributed by atoms with Gasteiger partial charge in [0.05, 0.1) is 5.69 Å². The largest absolute Gasteiger partial charge is 0.448 e. The molecular formula is C6H10N2O. The van der Waals surface area contributed by atoms with Crippen LogP contribution in [0.5, 0.6) is 0 Å². The van der Waals surface area contributed by atoms with Crippen LogP contribution in [0.2, 0.25) is 0 Å². The van der Waals surface area contributed by atoms with Crippen LogP contribution in [0.25, 0.3) is 0 Å². The SMILES string of the molecule is Cc1ocnc1C(C)N. The summed E-state index contributed by atoms with van der Waals surface area (Å²) in [5, 5.41) is 0. The Morgan fingerprint density at radius 1 is 1.78 bits per heavy atom. The van der Waals surface area contributed by atoms with Gasteiger partial charge in [-0.25, -0.2) is 4.98 Å². The van der Waals surface area contributed by atoms with Crippen LogP contribution in [0.15, 0.2) is 10.8 Å². The second-order valence-electron chi connectivity index (χ2n) is 2.08. The van der Waals surface area contributed by atoms with Crippen molar-refractivity contribution < 1.29 is 4.42 Å². The number of aryl methyl sites for hydroxylation is 1. The zero-order valence-electron chi connectivity index (χ0n) is 5.59. The monoisotopic (exact) mass is 126 g/mol. The van der Waals surface area contributed by atoms with Crippen molar-refractivity contribution in [2.45, 2.75) is 19.9 Å². The summed E-state index contributed by atoms with van der Waals surface area (Å²) in [5.74, 6) is 0.810. The minimum Gasteiger partial charge on any atom is -0.448 e. The third-order valence-corrected chi connectivity index (χ3v) is 1.21. The van der Waals surface area contributed by atoms with Gasteiger partial charge in [0.15, 0.2) is 6.39 Å². The molecule has 50 valence electrons. The molecule has 0 saturated carbocycles. The number of nitrogens with two attached hydrogens (primary N) is 1. The molecule has 1 unspecified atom stereocenters. The molecule has 2 N–H and O–H groups in total. The van der Waals surface area contributed by atoms with Crippen LogP contribution < -0.4 is 5.73 Å². The van der Waals surface area contributed by atoms with E-state index in [4.69, 9.17) is 10.2 Å². The van der Waals surface area contributed by atoms with Gasteiger partial charge in [0, 0.05) is 6.04 Å². The highest BCUT2D eigenvalue weighted by Crippen LogP contribution is 2.10. The van der Waals surface area contributed by atoms with Crippen molar-refractivity contribution in [3.05, 3.63) is 17.8 Å². The standard InChI is InChI=1S/C6H10N2O/c1-4(7)6-5(2)9-3-8-6/h3-4H,7H2,1-2H3. The highest BCUT2D eigenvalue weighted by atomic mass is 16.3. The van der Waals surface area contributed by atoms with Crippen molar-refractivity contribution in [2.24, 2.45) is 5.73 Å². The molecule has 1 rings (SSSR count). The predicted octanol–water partition coefficient (Wildman–Crippen LogP) is 1.00. The first kappa shape index (κ1) is 6.29. The summed E-state index contributed by atoms with van der Waals surface area (Å²) in [5.41, 5.74) is 6.38. The molecule has 0 bridgehead atoms. The fourth-order valence-electron chi connectivity index (χ4n) is 0.752. The highest BCUT2D eigenvalue weighted by Gasteiger charge is 2.06. The maximum Gasteiger partial charge on any atom is 0.181 e. The van der Waals surface area contributed by atoms with Gasteiger partial charge < -0.3 is 10.2 Å². The van der Waals surface area contributed by atoms with E-state index in [0.717, 1.165) is 11.5 Å². The zero-order valence-corrected chi connectivity index (χ0v) is 5.59. The Labute approximate surface area is 53.9 Å². The lowest BCUT2D eigenvalue weighted by Crippen LogP contribution is -2.06. The fraction of sp³-hybridized carbons (Fsp3) is 0.500. The van der Waals surface area contributed by atoms with Crippen LogP contribution in [0.3, 0.4) is 0 Å². The molecule has 0 radical (unpaired) electrons. The molecule has 3 nitrogen and oxygen atoms in total. The Morgan fingerprint density at radius 2 is 2.44 bits per heavy atom. The zero-order chi connectivity index (χ0) is 6.85. The van der Waals surface area contributed by atoms with Gasteiger partial charge in [-0.2, -0.15) is 0 Å². The van der Waals surface area contributed by atoms with Gasteiger partial charge in [-0.15, -0.1) is 0 Å². The van der Waals surface area contributed by atoms with Crippen molar-refractivity contribution >= 4 is 0 Å². The molecule has 0 aromatic carbocycles. The van der Waals surface area contributed by atoms with Crippen molar-refractivity contribution in [3.8, 4) is 0 Å². The smallest absolute Gasteiger partial charge is 0.181 e. The molecular weight excluding hydrogens is 116 g/mol. The average Bonchev–Trinajstić information content (AvgIpc) is 2.13. The molecule has 0 aliphatic heterocycles. The van der Waals surface area contributed by atoms with Crippen LogP contribution in [-0.2, 0) is 0 Å². The van der Waals surface area contributed by atoms with E-state index in [9.17, 15) is 0 Å². The van der Waals surface area contributed by atoms with E-state index in [1.54, 1.807) is 0 Å². The van der Waals surface area contributed by atoms with Crippen molar-refractivity contribution in [3.63, 3.8) is 0 Å². The lowest BCUT2D eigenvalue weighted by Gasteiger charge is -1.97. The van der Waals surface area contributed by atoms with Gasteiger partial charge in [-0.3, -0.25) is 0 Å². The minimum atomic E-state index is -0.0243. The van der Waals surface area contributed by atoms with Gasteiger partial charge in [-0.1, -0.05) is 0 Å². The Bertz CT molecular complexity index is 193. The van der Waals surface area contributed by atoms with Crippen molar-refractivity contribution in [1.29, 1.82) is 0 Å². The second kappa shape index (κ2) is 2.19. The predicted molar refractivity (Wildman–Crippen MR) is 33.8 cm³/mol. The van der Waals surface area contributed by atoms with Crippen LogP contribution in [0, 0.1) is 6.92 Å². The third kappa shape index (κ3) is 1.10. The first-order valence-electron chi connectivity index (χ1n) is 2.87. The van der Waals surface area contributed by atoms with Gasteiger partial charge in [-0.05, 0) is 13.8 Å². The summed E-state index contributed by atoms with van der Waals surface area (Å²) in [6.45, 7) is 3.73. The molecule has 3 heteroatoms. The van der Waals surface area contributed by atoms with Crippen molar-refractivity contribution in [2.75, 3.05) is 0 Å². The summed E-state index contributed by atoms with van der Waals surface area (Å²) in [7, 11) is 0. The topological polar surface area (TPSA) is 52.0 Å². The molecule has 1 aromatic heterocycles. The van der Waals surface area contributed by atoms with E-state index in [0.29, 0.717) is 0 Å². The molecule has 1 aromatic rings. The summed E-state index contributed by atoms with van der Waals surface area (Å²) in [6.07, 6.45) is 1.41. The second-order valence-corrected chi connectivity index (χ2v) is 2.08. The van der Waals surface area contributed by atoms with E-state index >= 15 is 0 Å². The molecule has 0 aliphatic carbocycles. The Morgan fingerprint density at radius 3 is 2.67 bits per heavy atom. The number of hydrogen-bond donors (Lipinski definition) is 1. The summed E-state index contributed by atoms with van der Waals surface area (Å²) in [4.78, 5) is 3.92. The molecule has 1 heterocycles. The maximum absolute atomic E-state index is 5.54. The molecule has 0 amide bonds. The van der Waals surface area contributed by atoms with Gasteiger partial charge in [0.25, 0.3) is 0 Å². The number of nitrogens with zero attached hydrogens (tertiary/aromatic N) is 1. The summed E-state index contributed by atoms with van der Waals surface area (Å²) >= 11 is 0. The van der Waals surface area contributed by atoms with Crippen LogP contribution in [0.4, 0.5) is 0 Å². The van der Waals surface area contributed by atoms with Gasteiger partial charge >= 0.3 is 0 Å². The fourth-order valence-corrected chi connectivity index (χ4v) is 0.752. The number of oxazole rings is 1. The summed E-state index contributed by atoms with van der Waals surface area (Å²) in [6, 6.07) is -0.0243. The van der Waals surface area contributed by atoms with Crippen molar-refractivity contribution in [1.82, 2.24) is 4.98 Å². The van der Waals surface area contributed by atoms with Crippen LogP contribution in [-0.4, -0.2) is 4.98 Å². The molecule has 9 heavy (non-hydrogen) atoms. The van der Waals surface area contributed by atoms with Crippen LogP contribution >= 0.6 is 0 Å². The molecule has 0 fully saturated rings. The number of rotatable bonds is 1. The molecule has 0 aliphatic rings. The summed E-state index contributed by atoms with van der Waals surface area (Å²) < 4.78 is 4.93. The molecule has 0 spiro atoms. The Kier molecular flexibility index (Phi) is 1.53. The van der Waals surface area contributed by atoms with Gasteiger partial charge in [0.2, 0.25) is 0 Å².